The molecule has 1 amide bonds. The highest BCUT2D eigenvalue weighted by Crippen LogP contribution is 2.23. The van der Waals surface area contributed by atoms with E-state index in [1.807, 2.05) is 12.1 Å². The van der Waals surface area contributed by atoms with E-state index < -0.39 is 0 Å². The molecule has 0 radical (unpaired) electrons. The van der Waals surface area contributed by atoms with Gasteiger partial charge in [-0.1, -0.05) is 18.5 Å². The molecule has 3 nitrogen and oxygen atoms in total. The lowest BCUT2D eigenvalue weighted by Gasteiger charge is -2.26. The summed E-state index contributed by atoms with van der Waals surface area (Å²) in [5.74, 6) is 0.144. The van der Waals surface area contributed by atoms with Crippen molar-refractivity contribution in [2.24, 2.45) is 0 Å². The number of nitrogens with one attached hydrogen (secondary N) is 2. The first-order valence-corrected chi connectivity index (χ1v) is 7.63. The zero-order valence-electron chi connectivity index (χ0n) is 10.6. The molecule has 1 aliphatic rings. The molecule has 1 aromatic heterocycles. The van der Waals surface area contributed by atoms with Gasteiger partial charge in [0.25, 0.3) is 0 Å². The summed E-state index contributed by atoms with van der Waals surface area (Å²) < 4.78 is 0.804. The second kappa shape index (κ2) is 6.04. The molecule has 0 aliphatic carbocycles. The molecule has 100 valence electrons. The van der Waals surface area contributed by atoms with Crippen molar-refractivity contribution >= 4 is 28.8 Å². The Morgan fingerprint density at radius 1 is 1.61 bits per heavy atom. The molecule has 2 N–H and O–H groups in total. The lowest BCUT2D eigenvalue weighted by Crippen LogP contribution is -2.53. The van der Waals surface area contributed by atoms with E-state index in [0.717, 1.165) is 36.6 Å². The largest absolute Gasteiger partial charge is 0.354 e. The minimum atomic E-state index is -0.326. The smallest absolute Gasteiger partial charge is 0.240 e. The second-order valence-corrected chi connectivity index (χ2v) is 6.48. The van der Waals surface area contributed by atoms with E-state index in [2.05, 4.69) is 17.6 Å². The molecule has 0 spiro atoms. The predicted octanol–water partition coefficient (Wildman–Crippen LogP) is 2.59. The fraction of sp³-hybridized carbons (Fsp3) is 0.615. The molecule has 0 bridgehead atoms. The number of amides is 1. The Balaban J connectivity index is 1.81. The van der Waals surface area contributed by atoms with Gasteiger partial charge in [-0.05, 0) is 44.4 Å². The molecule has 0 aromatic carbocycles. The van der Waals surface area contributed by atoms with Gasteiger partial charge >= 0.3 is 0 Å². The van der Waals surface area contributed by atoms with E-state index in [1.54, 1.807) is 11.3 Å². The van der Waals surface area contributed by atoms with Crippen LogP contribution in [-0.4, -0.2) is 24.5 Å². The number of carbonyl (C=O) groups is 1. The van der Waals surface area contributed by atoms with Crippen molar-refractivity contribution in [2.75, 3.05) is 13.1 Å². The monoisotopic (exact) mass is 286 g/mol. The van der Waals surface area contributed by atoms with Crippen LogP contribution in [0.25, 0.3) is 0 Å². The summed E-state index contributed by atoms with van der Waals surface area (Å²) in [7, 11) is 0. The molecular formula is C13H19ClN2OS. The van der Waals surface area contributed by atoms with Crippen LogP contribution in [0.15, 0.2) is 12.1 Å². The molecule has 1 atom stereocenters. The van der Waals surface area contributed by atoms with Gasteiger partial charge in [-0.25, -0.2) is 0 Å². The van der Waals surface area contributed by atoms with Gasteiger partial charge in [0.1, 0.15) is 0 Å². The van der Waals surface area contributed by atoms with Crippen LogP contribution in [0.4, 0.5) is 0 Å². The fourth-order valence-corrected chi connectivity index (χ4v) is 3.50. The highest BCUT2D eigenvalue weighted by molar-refractivity contribution is 7.16. The summed E-state index contributed by atoms with van der Waals surface area (Å²) in [6, 6.07) is 3.91. The van der Waals surface area contributed by atoms with Crippen molar-refractivity contribution in [3.05, 3.63) is 21.3 Å². The number of halogens is 1. The van der Waals surface area contributed by atoms with E-state index in [-0.39, 0.29) is 11.4 Å². The molecule has 5 heteroatoms. The van der Waals surface area contributed by atoms with E-state index in [4.69, 9.17) is 11.6 Å². The third kappa shape index (κ3) is 3.05. The van der Waals surface area contributed by atoms with Gasteiger partial charge in [-0.15, -0.1) is 11.3 Å². The number of thiophene rings is 1. The maximum Gasteiger partial charge on any atom is 0.240 e. The van der Waals surface area contributed by atoms with E-state index in [1.165, 1.54) is 4.88 Å². The first-order valence-electron chi connectivity index (χ1n) is 6.44. The summed E-state index contributed by atoms with van der Waals surface area (Å²) in [6.45, 7) is 3.69. The first-order chi connectivity index (χ1) is 8.66. The third-order valence-corrected chi connectivity index (χ3v) is 4.86. The van der Waals surface area contributed by atoms with Gasteiger partial charge in [-0.2, -0.15) is 0 Å². The zero-order valence-corrected chi connectivity index (χ0v) is 12.2. The Hall–Kier alpha value is -0.580. The molecular weight excluding hydrogens is 268 g/mol. The normalized spacial score (nSPS) is 23.2. The molecule has 1 aliphatic heterocycles. The summed E-state index contributed by atoms with van der Waals surface area (Å²) in [5.41, 5.74) is -0.326. The van der Waals surface area contributed by atoms with Gasteiger partial charge in [-0.3, -0.25) is 4.79 Å². The summed E-state index contributed by atoms with van der Waals surface area (Å²) in [6.07, 6.45) is 3.73. The lowest BCUT2D eigenvalue weighted by molar-refractivity contribution is -0.127. The summed E-state index contributed by atoms with van der Waals surface area (Å²) >= 11 is 7.45. The van der Waals surface area contributed by atoms with E-state index in [9.17, 15) is 4.79 Å². The summed E-state index contributed by atoms with van der Waals surface area (Å²) in [4.78, 5) is 13.4. The van der Waals surface area contributed by atoms with Crippen LogP contribution in [0, 0.1) is 0 Å². The molecule has 1 unspecified atom stereocenters. The number of carbonyl (C=O) groups excluding carboxylic acids is 1. The maximum absolute atomic E-state index is 12.2. The minimum Gasteiger partial charge on any atom is -0.354 e. The zero-order chi connectivity index (χ0) is 13.0. The number of rotatable bonds is 5. The fourth-order valence-electron chi connectivity index (χ4n) is 2.42. The van der Waals surface area contributed by atoms with Crippen LogP contribution in [-0.2, 0) is 11.2 Å². The molecule has 18 heavy (non-hydrogen) atoms. The van der Waals surface area contributed by atoms with Gasteiger partial charge in [0.05, 0.1) is 9.88 Å². The predicted molar refractivity (Wildman–Crippen MR) is 76.3 cm³/mol. The van der Waals surface area contributed by atoms with Crippen molar-refractivity contribution in [1.29, 1.82) is 0 Å². The SMILES string of the molecule is CCC1(C(=O)NCCc2ccc(Cl)s2)CCCN1. The van der Waals surface area contributed by atoms with Crippen molar-refractivity contribution in [2.45, 2.75) is 38.1 Å². The highest BCUT2D eigenvalue weighted by atomic mass is 35.5. The Bertz CT molecular complexity index is 413. The first kappa shape index (κ1) is 13.8. The van der Waals surface area contributed by atoms with Crippen LogP contribution in [0.5, 0.6) is 0 Å². The second-order valence-electron chi connectivity index (χ2n) is 4.68. The lowest BCUT2D eigenvalue weighted by atomic mass is 9.93. The van der Waals surface area contributed by atoms with Crippen LogP contribution in [0.3, 0.4) is 0 Å². The van der Waals surface area contributed by atoms with E-state index in [0.29, 0.717) is 6.54 Å². The number of hydrogen-bond acceptors (Lipinski definition) is 3. The average molecular weight is 287 g/mol. The quantitative estimate of drug-likeness (QED) is 0.874. The Morgan fingerprint density at radius 3 is 3.00 bits per heavy atom. The van der Waals surface area contributed by atoms with Gasteiger partial charge in [0, 0.05) is 11.4 Å². The van der Waals surface area contributed by atoms with Crippen LogP contribution in [0.2, 0.25) is 4.34 Å². The van der Waals surface area contributed by atoms with Gasteiger partial charge in [0.15, 0.2) is 0 Å². The Labute approximate surface area is 117 Å². The molecule has 1 aromatic rings. The topological polar surface area (TPSA) is 41.1 Å². The Morgan fingerprint density at radius 2 is 2.44 bits per heavy atom. The molecule has 0 saturated carbocycles. The van der Waals surface area contributed by atoms with Gasteiger partial charge in [0.2, 0.25) is 5.91 Å². The van der Waals surface area contributed by atoms with Crippen molar-refractivity contribution < 1.29 is 4.79 Å². The minimum absolute atomic E-state index is 0.144. The third-order valence-electron chi connectivity index (χ3n) is 3.57. The highest BCUT2D eigenvalue weighted by Gasteiger charge is 2.38. The maximum atomic E-state index is 12.2. The molecule has 1 saturated heterocycles. The van der Waals surface area contributed by atoms with Gasteiger partial charge < -0.3 is 10.6 Å². The van der Waals surface area contributed by atoms with Crippen LogP contribution >= 0.6 is 22.9 Å². The summed E-state index contributed by atoms with van der Waals surface area (Å²) in [5, 5.41) is 6.38. The molecule has 2 heterocycles. The van der Waals surface area contributed by atoms with Crippen molar-refractivity contribution in [1.82, 2.24) is 10.6 Å². The standard InChI is InChI=1S/C13H19ClN2OS/c1-2-13(7-3-8-16-13)12(17)15-9-6-10-4-5-11(14)18-10/h4-5,16H,2-3,6-9H2,1H3,(H,15,17). The van der Waals surface area contributed by atoms with E-state index >= 15 is 0 Å². The molecule has 1 fully saturated rings. The number of hydrogen-bond donors (Lipinski definition) is 2. The van der Waals surface area contributed by atoms with Crippen molar-refractivity contribution in [3.63, 3.8) is 0 Å². The van der Waals surface area contributed by atoms with Crippen molar-refractivity contribution in [3.8, 4) is 0 Å². The Kier molecular flexibility index (Phi) is 4.65. The van der Waals surface area contributed by atoms with Crippen LogP contribution in [0.1, 0.15) is 31.1 Å². The molecule has 2 rings (SSSR count). The van der Waals surface area contributed by atoms with Crippen LogP contribution < -0.4 is 10.6 Å². The average Bonchev–Trinajstić information content (AvgIpc) is 2.99.